The molecule has 1 saturated heterocycles. The fourth-order valence-corrected chi connectivity index (χ4v) is 2.66. The SMILES string of the molecule is N#CC(C#N)=C1CCC(N2CCCC2)C1. The van der Waals surface area contributed by atoms with Crippen molar-refractivity contribution in [3.63, 3.8) is 0 Å². The molecule has 0 radical (unpaired) electrons. The van der Waals surface area contributed by atoms with Gasteiger partial charge in [0.25, 0.3) is 0 Å². The second-order valence-corrected chi connectivity index (χ2v) is 4.34. The molecule has 3 nitrogen and oxygen atoms in total. The Morgan fingerprint density at radius 2 is 1.87 bits per heavy atom. The first kappa shape index (κ1) is 10.2. The van der Waals surface area contributed by atoms with E-state index in [9.17, 15) is 0 Å². The summed E-state index contributed by atoms with van der Waals surface area (Å²) in [6.07, 6.45) is 5.62. The van der Waals surface area contributed by atoms with Crippen LogP contribution in [0, 0.1) is 22.7 Å². The van der Waals surface area contributed by atoms with Gasteiger partial charge < -0.3 is 4.90 Å². The lowest BCUT2D eigenvalue weighted by atomic mass is 10.1. The van der Waals surface area contributed by atoms with Gasteiger partial charge in [0.2, 0.25) is 0 Å². The van der Waals surface area contributed by atoms with Gasteiger partial charge in [0.1, 0.15) is 17.7 Å². The smallest absolute Gasteiger partial charge is 0.128 e. The molecule has 1 heterocycles. The van der Waals surface area contributed by atoms with Crippen molar-refractivity contribution in [2.24, 2.45) is 0 Å². The summed E-state index contributed by atoms with van der Waals surface area (Å²) in [5, 5.41) is 17.6. The molecule has 0 bridgehead atoms. The van der Waals surface area contributed by atoms with E-state index in [1.165, 1.54) is 25.9 Å². The summed E-state index contributed by atoms with van der Waals surface area (Å²) in [6, 6.07) is 4.61. The van der Waals surface area contributed by atoms with E-state index >= 15 is 0 Å². The number of nitrogens with zero attached hydrogens (tertiary/aromatic N) is 3. The van der Waals surface area contributed by atoms with Gasteiger partial charge in [0.05, 0.1) is 0 Å². The predicted molar refractivity (Wildman–Crippen MR) is 56.7 cm³/mol. The van der Waals surface area contributed by atoms with E-state index in [4.69, 9.17) is 10.5 Å². The van der Waals surface area contributed by atoms with Crippen LogP contribution in [0.4, 0.5) is 0 Å². The standard InChI is InChI=1S/C12H15N3/c13-8-11(9-14)10-3-4-12(7-10)15-5-1-2-6-15/h12H,1-7H2. The zero-order chi connectivity index (χ0) is 10.7. The molecule has 1 unspecified atom stereocenters. The first-order valence-corrected chi connectivity index (χ1v) is 5.61. The van der Waals surface area contributed by atoms with Crippen molar-refractivity contribution < 1.29 is 0 Å². The molecule has 78 valence electrons. The molecule has 1 saturated carbocycles. The Morgan fingerprint density at radius 3 is 2.47 bits per heavy atom. The molecule has 2 fully saturated rings. The minimum absolute atomic E-state index is 0.358. The third-order valence-electron chi connectivity index (χ3n) is 3.50. The highest BCUT2D eigenvalue weighted by molar-refractivity contribution is 5.41. The second-order valence-electron chi connectivity index (χ2n) is 4.34. The van der Waals surface area contributed by atoms with Gasteiger partial charge in [0, 0.05) is 6.04 Å². The molecule has 2 rings (SSSR count). The van der Waals surface area contributed by atoms with Crippen LogP contribution in [-0.2, 0) is 0 Å². The average Bonchev–Trinajstić information content (AvgIpc) is 2.89. The Balaban J connectivity index is 2.04. The molecular weight excluding hydrogens is 186 g/mol. The fraction of sp³-hybridized carbons (Fsp3) is 0.667. The van der Waals surface area contributed by atoms with Crippen LogP contribution in [0.15, 0.2) is 11.1 Å². The van der Waals surface area contributed by atoms with Crippen molar-refractivity contribution in [3.8, 4) is 12.1 Å². The number of nitriles is 2. The van der Waals surface area contributed by atoms with Crippen LogP contribution in [-0.4, -0.2) is 24.0 Å². The number of rotatable bonds is 1. The maximum absolute atomic E-state index is 8.79. The van der Waals surface area contributed by atoms with E-state index in [0.29, 0.717) is 11.6 Å². The fourth-order valence-electron chi connectivity index (χ4n) is 2.66. The average molecular weight is 201 g/mol. The van der Waals surface area contributed by atoms with E-state index in [-0.39, 0.29) is 0 Å². The van der Waals surface area contributed by atoms with Gasteiger partial charge in [-0.1, -0.05) is 0 Å². The summed E-state index contributed by atoms with van der Waals surface area (Å²) in [6.45, 7) is 2.40. The number of allylic oxidation sites excluding steroid dienone is 1. The molecule has 0 aromatic rings. The van der Waals surface area contributed by atoms with Gasteiger partial charge in [-0.25, -0.2) is 0 Å². The summed E-state index contributed by atoms with van der Waals surface area (Å²) in [5.41, 5.74) is 1.44. The predicted octanol–water partition coefficient (Wildman–Crippen LogP) is 1.98. The first-order chi connectivity index (χ1) is 7.35. The van der Waals surface area contributed by atoms with Crippen LogP contribution in [0.5, 0.6) is 0 Å². The highest BCUT2D eigenvalue weighted by Crippen LogP contribution is 2.32. The molecule has 0 aromatic heterocycles. The van der Waals surface area contributed by atoms with Crippen molar-refractivity contribution in [1.29, 1.82) is 10.5 Å². The molecule has 1 aliphatic carbocycles. The zero-order valence-corrected chi connectivity index (χ0v) is 8.87. The molecule has 0 spiro atoms. The van der Waals surface area contributed by atoms with Gasteiger partial charge in [0.15, 0.2) is 0 Å². The van der Waals surface area contributed by atoms with E-state index in [1.807, 2.05) is 12.1 Å². The van der Waals surface area contributed by atoms with E-state index in [1.54, 1.807) is 0 Å². The first-order valence-electron chi connectivity index (χ1n) is 5.61. The van der Waals surface area contributed by atoms with Crippen LogP contribution in [0.2, 0.25) is 0 Å². The zero-order valence-electron chi connectivity index (χ0n) is 8.87. The normalized spacial score (nSPS) is 26.3. The van der Waals surface area contributed by atoms with E-state index in [2.05, 4.69) is 4.90 Å². The molecule has 1 aliphatic heterocycles. The number of hydrogen-bond acceptors (Lipinski definition) is 3. The number of likely N-dealkylation sites (tertiary alicyclic amines) is 1. The van der Waals surface area contributed by atoms with Crippen LogP contribution in [0.25, 0.3) is 0 Å². The minimum Gasteiger partial charge on any atom is -0.300 e. The summed E-state index contributed by atoms with van der Waals surface area (Å²) < 4.78 is 0. The number of hydrogen-bond donors (Lipinski definition) is 0. The summed E-state index contributed by atoms with van der Waals surface area (Å²) >= 11 is 0. The maximum Gasteiger partial charge on any atom is 0.128 e. The lowest BCUT2D eigenvalue weighted by molar-refractivity contribution is 0.249. The maximum atomic E-state index is 8.79. The van der Waals surface area contributed by atoms with E-state index < -0.39 is 0 Å². The Kier molecular flexibility index (Phi) is 3.04. The molecule has 2 aliphatic rings. The third-order valence-corrected chi connectivity index (χ3v) is 3.50. The minimum atomic E-state index is 0.358. The third kappa shape index (κ3) is 2.03. The Labute approximate surface area is 90.6 Å². The second kappa shape index (κ2) is 4.47. The lowest BCUT2D eigenvalue weighted by Gasteiger charge is -2.22. The van der Waals surface area contributed by atoms with Crippen molar-refractivity contribution in [3.05, 3.63) is 11.1 Å². The molecule has 15 heavy (non-hydrogen) atoms. The van der Waals surface area contributed by atoms with Gasteiger partial charge >= 0.3 is 0 Å². The van der Waals surface area contributed by atoms with Gasteiger partial charge in [-0.3, -0.25) is 0 Å². The lowest BCUT2D eigenvalue weighted by Crippen LogP contribution is -2.29. The monoisotopic (exact) mass is 201 g/mol. The van der Waals surface area contributed by atoms with Crippen molar-refractivity contribution in [2.45, 2.75) is 38.1 Å². The van der Waals surface area contributed by atoms with Crippen LogP contribution in [0.1, 0.15) is 32.1 Å². The van der Waals surface area contributed by atoms with Gasteiger partial charge in [-0.2, -0.15) is 10.5 Å². The van der Waals surface area contributed by atoms with Crippen LogP contribution in [0.3, 0.4) is 0 Å². The highest BCUT2D eigenvalue weighted by Gasteiger charge is 2.28. The summed E-state index contributed by atoms with van der Waals surface area (Å²) in [4.78, 5) is 2.51. The largest absolute Gasteiger partial charge is 0.300 e. The Bertz CT molecular complexity index is 334. The topological polar surface area (TPSA) is 50.8 Å². The Hall–Kier alpha value is -1.32. The molecule has 0 aromatic carbocycles. The van der Waals surface area contributed by atoms with Crippen LogP contribution < -0.4 is 0 Å². The van der Waals surface area contributed by atoms with Crippen LogP contribution >= 0.6 is 0 Å². The van der Waals surface area contributed by atoms with Gasteiger partial charge in [-0.05, 0) is 50.8 Å². The Morgan fingerprint density at radius 1 is 1.20 bits per heavy atom. The molecule has 3 heteroatoms. The van der Waals surface area contributed by atoms with E-state index in [0.717, 1.165) is 24.8 Å². The van der Waals surface area contributed by atoms with Gasteiger partial charge in [-0.15, -0.1) is 0 Å². The molecule has 0 amide bonds. The molecular formula is C12H15N3. The molecule has 0 N–H and O–H groups in total. The van der Waals surface area contributed by atoms with Crippen molar-refractivity contribution >= 4 is 0 Å². The quantitative estimate of drug-likeness (QED) is 0.609. The summed E-state index contributed by atoms with van der Waals surface area (Å²) in [5.74, 6) is 0. The van der Waals surface area contributed by atoms with Crippen molar-refractivity contribution in [2.75, 3.05) is 13.1 Å². The molecule has 1 atom stereocenters. The summed E-state index contributed by atoms with van der Waals surface area (Å²) in [7, 11) is 0. The van der Waals surface area contributed by atoms with Crippen molar-refractivity contribution in [1.82, 2.24) is 4.90 Å². The highest BCUT2D eigenvalue weighted by atomic mass is 15.2.